The van der Waals surface area contributed by atoms with E-state index < -0.39 is 0 Å². The number of benzene rings is 2. The van der Waals surface area contributed by atoms with Gasteiger partial charge in [-0.2, -0.15) is 0 Å². The Morgan fingerprint density at radius 2 is 0.900 bits per heavy atom. The maximum absolute atomic E-state index is 5.83. The van der Waals surface area contributed by atoms with Gasteiger partial charge >= 0.3 is 0 Å². The highest BCUT2D eigenvalue weighted by molar-refractivity contribution is 6.03. The predicted octanol–water partition coefficient (Wildman–Crippen LogP) is 14.5. The molecular formula is C54H64N4O2-2. The Kier molecular flexibility index (Phi) is 13.5. The van der Waals surface area contributed by atoms with E-state index in [2.05, 4.69) is 104 Å². The summed E-state index contributed by atoms with van der Waals surface area (Å²) in [6, 6.07) is 21.4. The van der Waals surface area contributed by atoms with E-state index in [1.807, 2.05) is 12.1 Å². The zero-order valence-electron chi connectivity index (χ0n) is 37.9. The van der Waals surface area contributed by atoms with Gasteiger partial charge in [0.05, 0.1) is 37.0 Å². The summed E-state index contributed by atoms with van der Waals surface area (Å²) in [6.07, 6.45) is 12.5. The molecule has 7 rings (SSSR count). The number of fused-ring (bicyclic) bond motifs is 8. The van der Waals surface area contributed by atoms with Crippen LogP contribution in [0.5, 0.6) is 11.5 Å². The third kappa shape index (κ3) is 8.23. The molecule has 2 aliphatic heterocycles. The van der Waals surface area contributed by atoms with Crippen LogP contribution in [0.2, 0.25) is 0 Å². The number of allylic oxidation sites excluding steroid dienone is 4. The molecule has 0 amide bonds. The van der Waals surface area contributed by atoms with Crippen molar-refractivity contribution in [2.24, 2.45) is 0 Å². The third-order valence-electron chi connectivity index (χ3n) is 12.7. The smallest absolute Gasteiger partial charge is 0.119 e. The second-order valence-corrected chi connectivity index (χ2v) is 16.7. The molecule has 0 radical (unpaired) electrons. The van der Waals surface area contributed by atoms with Crippen LogP contribution in [0.1, 0.15) is 151 Å². The highest BCUT2D eigenvalue weighted by Crippen LogP contribution is 2.45. The molecule has 0 spiro atoms. The molecule has 2 aromatic carbocycles. The first kappa shape index (κ1) is 42.8. The van der Waals surface area contributed by atoms with E-state index in [4.69, 9.17) is 29.4 Å². The van der Waals surface area contributed by atoms with Crippen LogP contribution < -0.4 is 19.4 Å². The van der Waals surface area contributed by atoms with Crippen molar-refractivity contribution in [3.8, 4) is 33.8 Å². The number of rotatable bonds is 16. The van der Waals surface area contributed by atoms with Crippen molar-refractivity contribution < 1.29 is 9.47 Å². The normalized spacial score (nSPS) is 12.8. The number of hydrogen-bond acceptors (Lipinski definition) is 4. The second-order valence-electron chi connectivity index (χ2n) is 16.7. The van der Waals surface area contributed by atoms with E-state index in [-0.39, 0.29) is 0 Å². The molecule has 3 aromatic heterocycles. The van der Waals surface area contributed by atoms with Gasteiger partial charge in [0, 0.05) is 5.56 Å². The fraction of sp³-hybridized carbons (Fsp3) is 0.407. The Balaban J connectivity index is 1.76. The van der Waals surface area contributed by atoms with Gasteiger partial charge in [-0.25, -0.2) is 9.97 Å². The van der Waals surface area contributed by atoms with E-state index in [1.54, 1.807) is 14.2 Å². The minimum absolute atomic E-state index is 0.814. The van der Waals surface area contributed by atoms with Gasteiger partial charge in [0.15, 0.2) is 0 Å². The van der Waals surface area contributed by atoms with Crippen LogP contribution in [0, 0.1) is 13.8 Å². The number of methoxy groups -OCH3 is 2. The molecule has 5 heterocycles. The van der Waals surface area contributed by atoms with Crippen molar-refractivity contribution in [3.05, 3.63) is 106 Å². The Morgan fingerprint density at radius 3 is 1.30 bits per heavy atom. The molecular weight excluding hydrogens is 737 g/mol. The van der Waals surface area contributed by atoms with E-state index in [0.29, 0.717) is 0 Å². The summed E-state index contributed by atoms with van der Waals surface area (Å²) in [4.78, 5) is 22.7. The Labute approximate surface area is 358 Å². The number of aromatic nitrogens is 4. The second kappa shape index (κ2) is 18.9. The van der Waals surface area contributed by atoms with E-state index >= 15 is 0 Å². The maximum atomic E-state index is 5.83. The van der Waals surface area contributed by atoms with E-state index in [1.165, 1.54) is 44.5 Å². The lowest BCUT2D eigenvalue weighted by Crippen LogP contribution is -1.94. The molecule has 6 nitrogen and oxygen atoms in total. The standard InChI is InChI=1S/C54H64N4O2/c1-11-15-25-41-33(5)51-49(37-21-19-23-39(29-37)59-9)52-35(7)43(27-17-13-3)47(57-52)32-48-44(28-18-14-4)36(8)54(58-48)50(38-22-20-24-40(30-38)60-10)53-34(6)42(26-16-12-2)46(56-53)31-45(41)55-51/h19-24,29-32H,11-18,25-28H2,1-10H3/q-2. The summed E-state index contributed by atoms with van der Waals surface area (Å²) in [5.74, 6) is 1.63. The van der Waals surface area contributed by atoms with Gasteiger partial charge in [0.1, 0.15) is 11.5 Å². The highest BCUT2D eigenvalue weighted by Gasteiger charge is 2.26. The number of unbranched alkanes of at least 4 members (excludes halogenated alkanes) is 4. The van der Waals surface area contributed by atoms with Gasteiger partial charge in [-0.3, -0.25) is 0 Å². The first-order valence-corrected chi connectivity index (χ1v) is 22.6. The number of ether oxygens (including phenoxy) is 2. The van der Waals surface area contributed by atoms with Gasteiger partial charge in [-0.05, 0) is 142 Å². The van der Waals surface area contributed by atoms with Crippen LogP contribution in [0.15, 0.2) is 60.7 Å². The Bertz CT molecular complexity index is 2490. The molecule has 0 unspecified atom stereocenters. The summed E-state index contributed by atoms with van der Waals surface area (Å²) in [5.41, 5.74) is 22.2. The minimum atomic E-state index is 0.814. The van der Waals surface area contributed by atoms with E-state index in [9.17, 15) is 0 Å². The molecule has 314 valence electrons. The maximum Gasteiger partial charge on any atom is 0.119 e. The fourth-order valence-corrected chi connectivity index (χ4v) is 9.14. The van der Waals surface area contributed by atoms with Crippen molar-refractivity contribution in [1.29, 1.82) is 0 Å². The molecule has 60 heavy (non-hydrogen) atoms. The number of aryl methyl sites for hydroxylation is 4. The average molecular weight is 801 g/mol. The summed E-state index contributed by atoms with van der Waals surface area (Å²) >= 11 is 0. The van der Waals surface area contributed by atoms with Crippen LogP contribution in [0.3, 0.4) is 0 Å². The van der Waals surface area contributed by atoms with Gasteiger partial charge in [0.2, 0.25) is 0 Å². The van der Waals surface area contributed by atoms with Gasteiger partial charge < -0.3 is 19.4 Å². The SMILES string of the molecule is CCCCC1=C(C)c2nc1cc1[n-]c(c(C)c1CCCC)c(-c1cccc(OC)c1)c1[n-]c(cc3nc(c2-c2cccc(OC)c2)C(C)=C3CCCC)c(CCCC)c1C. The van der Waals surface area contributed by atoms with Crippen LogP contribution in [-0.2, 0) is 12.8 Å². The first-order chi connectivity index (χ1) is 29.2. The number of nitrogens with zero attached hydrogens (tertiary/aromatic N) is 4. The van der Waals surface area contributed by atoms with Crippen LogP contribution >= 0.6 is 0 Å². The lowest BCUT2D eigenvalue weighted by molar-refractivity contribution is 0.415. The molecule has 0 saturated heterocycles. The molecule has 6 heteroatoms. The summed E-state index contributed by atoms with van der Waals surface area (Å²) in [5, 5.41) is 0. The quantitative estimate of drug-likeness (QED) is 0.0989. The molecule has 0 atom stereocenters. The van der Waals surface area contributed by atoms with Gasteiger partial charge in [-0.15, -0.1) is 22.1 Å². The number of hydrogen-bond donors (Lipinski definition) is 0. The Hall–Kier alpha value is -5.36. The molecule has 0 N–H and O–H groups in total. The largest absolute Gasteiger partial charge is 0.657 e. The zero-order chi connectivity index (χ0) is 42.5. The molecule has 0 aliphatic carbocycles. The highest BCUT2D eigenvalue weighted by atomic mass is 16.5. The minimum Gasteiger partial charge on any atom is -0.657 e. The van der Waals surface area contributed by atoms with Gasteiger partial charge in [-0.1, -0.05) is 112 Å². The third-order valence-corrected chi connectivity index (χ3v) is 12.7. The van der Waals surface area contributed by atoms with Crippen molar-refractivity contribution >= 4 is 44.4 Å². The zero-order valence-corrected chi connectivity index (χ0v) is 37.9. The fourth-order valence-electron chi connectivity index (χ4n) is 9.14. The van der Waals surface area contributed by atoms with Crippen LogP contribution in [0.25, 0.3) is 66.6 Å². The average Bonchev–Trinajstić information content (AvgIpc) is 3.94. The summed E-state index contributed by atoms with van der Waals surface area (Å²) in [7, 11) is 3.48. The lowest BCUT2D eigenvalue weighted by Gasteiger charge is -2.16. The molecule has 8 bridgehead atoms. The van der Waals surface area contributed by atoms with Crippen LogP contribution in [0.4, 0.5) is 0 Å². The predicted molar refractivity (Wildman–Crippen MR) is 254 cm³/mol. The molecule has 2 aliphatic rings. The lowest BCUT2D eigenvalue weighted by atomic mass is 9.92. The van der Waals surface area contributed by atoms with Crippen molar-refractivity contribution in [3.63, 3.8) is 0 Å². The molecule has 0 fully saturated rings. The van der Waals surface area contributed by atoms with Gasteiger partial charge in [0.25, 0.3) is 0 Å². The Morgan fingerprint density at radius 1 is 0.500 bits per heavy atom. The van der Waals surface area contributed by atoms with Crippen molar-refractivity contribution in [2.45, 2.75) is 132 Å². The summed E-state index contributed by atoms with van der Waals surface area (Å²) in [6.45, 7) is 18.1. The monoisotopic (exact) mass is 801 g/mol. The van der Waals surface area contributed by atoms with Crippen molar-refractivity contribution in [1.82, 2.24) is 19.9 Å². The molecule has 5 aromatic rings. The van der Waals surface area contributed by atoms with Crippen molar-refractivity contribution in [2.75, 3.05) is 14.2 Å². The molecule has 0 saturated carbocycles. The summed E-state index contributed by atoms with van der Waals surface area (Å²) < 4.78 is 11.7. The first-order valence-electron chi connectivity index (χ1n) is 22.6. The topological polar surface area (TPSA) is 72.4 Å². The van der Waals surface area contributed by atoms with Crippen LogP contribution in [-0.4, -0.2) is 24.2 Å². The van der Waals surface area contributed by atoms with E-state index in [0.717, 1.165) is 156 Å².